The van der Waals surface area contributed by atoms with Gasteiger partial charge in [-0.05, 0) is 56.0 Å². The molecule has 4 amide bonds. The normalized spacial score (nSPS) is 19.5. The molecule has 51 heavy (non-hydrogen) atoms. The van der Waals surface area contributed by atoms with Crippen LogP contribution in [0.25, 0.3) is 0 Å². The quantitative estimate of drug-likeness (QED) is 0.174. The number of ketones is 1. The Morgan fingerprint density at radius 3 is 2.12 bits per heavy atom. The molecule has 1 aliphatic heterocycles. The van der Waals surface area contributed by atoms with Gasteiger partial charge in [0.25, 0.3) is 0 Å². The van der Waals surface area contributed by atoms with Crippen LogP contribution in [0.5, 0.6) is 0 Å². The van der Waals surface area contributed by atoms with E-state index >= 15 is 0 Å². The zero-order chi connectivity index (χ0) is 38.6. The molecule has 1 aromatic heterocycles. The molecule has 9 atom stereocenters. The van der Waals surface area contributed by atoms with Crippen molar-refractivity contribution in [2.24, 2.45) is 23.7 Å². The summed E-state index contributed by atoms with van der Waals surface area (Å²) >= 11 is 1.54. The van der Waals surface area contributed by atoms with Gasteiger partial charge in [0.15, 0.2) is 5.78 Å². The van der Waals surface area contributed by atoms with Gasteiger partial charge in [0, 0.05) is 39.1 Å². The second kappa shape index (κ2) is 21.0. The summed E-state index contributed by atoms with van der Waals surface area (Å²) in [5, 5.41) is 10.9. The van der Waals surface area contributed by atoms with E-state index in [-0.39, 0.29) is 59.6 Å². The van der Waals surface area contributed by atoms with Gasteiger partial charge in [-0.25, -0.2) is 0 Å². The fourth-order valence-corrected chi connectivity index (χ4v) is 8.03. The molecule has 0 saturated carbocycles. The molecule has 0 spiro atoms. The maximum Gasteiger partial charge on any atom is 0.245 e. The average molecular weight is 736 g/mol. The summed E-state index contributed by atoms with van der Waals surface area (Å²) in [5.74, 6) is -1.83. The molecule has 290 valence electrons. The number of thiophene rings is 1. The van der Waals surface area contributed by atoms with Gasteiger partial charge in [-0.1, -0.05) is 61.0 Å². The number of rotatable bonds is 21. The highest BCUT2D eigenvalue weighted by Crippen LogP contribution is 2.30. The third kappa shape index (κ3) is 11.8. The number of hydrogen-bond acceptors (Lipinski definition) is 9. The van der Waals surface area contributed by atoms with Crippen LogP contribution in [0.1, 0.15) is 86.0 Å². The molecule has 0 radical (unpaired) electrons. The van der Waals surface area contributed by atoms with E-state index in [2.05, 4.69) is 16.0 Å². The van der Waals surface area contributed by atoms with Crippen molar-refractivity contribution in [2.45, 2.75) is 130 Å². The molecule has 0 bridgehead atoms. The van der Waals surface area contributed by atoms with Gasteiger partial charge in [-0.3, -0.25) is 24.0 Å². The van der Waals surface area contributed by atoms with Crippen molar-refractivity contribution < 1.29 is 33.4 Å². The van der Waals surface area contributed by atoms with Crippen molar-refractivity contribution in [2.75, 3.05) is 34.9 Å². The van der Waals surface area contributed by atoms with Crippen molar-refractivity contribution in [3.63, 3.8) is 0 Å². The zero-order valence-corrected chi connectivity index (χ0v) is 33.8. The smallest absolute Gasteiger partial charge is 0.245 e. The number of ether oxygens (including phenoxy) is 2. The van der Waals surface area contributed by atoms with Crippen LogP contribution in [0.15, 0.2) is 17.5 Å². The van der Waals surface area contributed by atoms with E-state index < -0.39 is 42.3 Å². The summed E-state index contributed by atoms with van der Waals surface area (Å²) in [7, 11) is 6.56. The first-order chi connectivity index (χ1) is 24.0. The number of methoxy groups -OCH3 is 2. The van der Waals surface area contributed by atoms with E-state index in [1.807, 2.05) is 59.1 Å². The number of carbonyl (C=O) groups is 5. The lowest BCUT2D eigenvalue weighted by atomic mass is 9.89. The summed E-state index contributed by atoms with van der Waals surface area (Å²) in [6.07, 6.45) is 1.39. The van der Waals surface area contributed by atoms with E-state index in [1.165, 1.54) is 18.3 Å². The number of likely N-dealkylation sites (N-methyl/N-ethyl adjacent to an activating group) is 2. The maximum atomic E-state index is 14.1. The summed E-state index contributed by atoms with van der Waals surface area (Å²) in [4.78, 5) is 71.8. The van der Waals surface area contributed by atoms with Gasteiger partial charge in [-0.15, -0.1) is 11.3 Å². The Labute approximate surface area is 310 Å². The SMILES string of the molecule is CCC(C)[C@@H]([C@@H](CC(=O)N1CCC[C@H]1[C@H](OC)[C@@H](C)C(=O)NC(Cc1cccs1)C(C)=O)OC)N(C)C(=O)[C@@H](NC(=O)[C@@H](NC)C(C)C)C(C)C. The van der Waals surface area contributed by atoms with Crippen molar-refractivity contribution in [1.82, 2.24) is 25.8 Å². The highest BCUT2D eigenvalue weighted by Gasteiger charge is 2.43. The summed E-state index contributed by atoms with van der Waals surface area (Å²) in [5.41, 5.74) is 0. The summed E-state index contributed by atoms with van der Waals surface area (Å²) in [6.45, 7) is 15.5. The van der Waals surface area contributed by atoms with Crippen LogP contribution in [-0.2, 0) is 39.9 Å². The lowest BCUT2D eigenvalue weighted by Crippen LogP contribution is -2.59. The summed E-state index contributed by atoms with van der Waals surface area (Å²) in [6, 6.07) is 1.20. The number of likely N-dealkylation sites (tertiary alicyclic amines) is 1. The van der Waals surface area contributed by atoms with Crippen LogP contribution in [0.4, 0.5) is 0 Å². The standard InChI is InChI=1S/C38H65N5O7S/c1-13-24(6)34(42(10)38(48)33(23(4)5)41-37(47)32(39-9)22(2)3)30(49-11)21-31(45)43-18-14-17-29(43)35(50-12)25(7)36(46)40-28(26(8)44)20-27-16-15-19-51-27/h15-16,19,22-25,28-30,32-35,39H,13-14,17-18,20-21H2,1-12H3,(H,40,46)(H,41,47)/t24?,25-,28?,29+,30-,32+,33+,34+,35-/m1/s1. The molecule has 0 aromatic carbocycles. The third-order valence-corrected chi connectivity index (χ3v) is 11.4. The Morgan fingerprint density at radius 1 is 0.980 bits per heavy atom. The molecule has 2 heterocycles. The largest absolute Gasteiger partial charge is 0.379 e. The van der Waals surface area contributed by atoms with Gasteiger partial charge < -0.3 is 35.2 Å². The van der Waals surface area contributed by atoms with E-state index in [1.54, 1.807) is 45.0 Å². The van der Waals surface area contributed by atoms with Crippen molar-refractivity contribution in [3.8, 4) is 0 Å². The number of Topliss-reactive ketones (excluding diaryl/α,β-unsaturated/α-hetero) is 1. The van der Waals surface area contributed by atoms with E-state index in [4.69, 9.17) is 9.47 Å². The van der Waals surface area contributed by atoms with Gasteiger partial charge in [0.2, 0.25) is 23.6 Å². The van der Waals surface area contributed by atoms with Crippen molar-refractivity contribution in [3.05, 3.63) is 22.4 Å². The molecule has 1 saturated heterocycles. The van der Waals surface area contributed by atoms with Crippen LogP contribution >= 0.6 is 11.3 Å². The van der Waals surface area contributed by atoms with Crippen LogP contribution < -0.4 is 16.0 Å². The lowest BCUT2D eigenvalue weighted by molar-refractivity contribution is -0.148. The molecule has 12 nitrogen and oxygen atoms in total. The molecule has 1 fully saturated rings. The minimum absolute atomic E-state index is 0.0193. The molecule has 0 aliphatic carbocycles. The van der Waals surface area contributed by atoms with Gasteiger partial charge in [0.1, 0.15) is 6.04 Å². The van der Waals surface area contributed by atoms with Crippen LogP contribution in [0.3, 0.4) is 0 Å². The molecule has 2 unspecified atom stereocenters. The second-order valence-electron chi connectivity index (χ2n) is 14.8. The van der Waals surface area contributed by atoms with E-state index in [9.17, 15) is 24.0 Å². The van der Waals surface area contributed by atoms with Crippen LogP contribution in [0.2, 0.25) is 0 Å². The molecular weight excluding hydrogens is 671 g/mol. The number of carbonyl (C=O) groups excluding carboxylic acids is 5. The Kier molecular flexibility index (Phi) is 18.2. The average Bonchev–Trinajstić information content (AvgIpc) is 3.79. The van der Waals surface area contributed by atoms with Gasteiger partial charge in [-0.2, -0.15) is 0 Å². The predicted octanol–water partition coefficient (Wildman–Crippen LogP) is 3.67. The molecule has 2 rings (SSSR count). The van der Waals surface area contributed by atoms with E-state index in [0.717, 1.165) is 17.7 Å². The molecule has 1 aromatic rings. The monoisotopic (exact) mass is 735 g/mol. The second-order valence-corrected chi connectivity index (χ2v) is 15.8. The molecule has 3 N–H and O–H groups in total. The third-order valence-electron chi connectivity index (χ3n) is 10.5. The summed E-state index contributed by atoms with van der Waals surface area (Å²) < 4.78 is 11.9. The van der Waals surface area contributed by atoms with Gasteiger partial charge in [0.05, 0.1) is 48.7 Å². The zero-order valence-electron chi connectivity index (χ0n) is 33.0. The highest BCUT2D eigenvalue weighted by molar-refractivity contribution is 7.09. The van der Waals surface area contributed by atoms with Crippen LogP contribution in [0, 0.1) is 23.7 Å². The fraction of sp³-hybridized carbons (Fsp3) is 0.763. The number of amides is 4. The Morgan fingerprint density at radius 2 is 1.63 bits per heavy atom. The fourth-order valence-electron chi connectivity index (χ4n) is 7.28. The lowest BCUT2D eigenvalue weighted by Gasteiger charge is -2.41. The van der Waals surface area contributed by atoms with Gasteiger partial charge >= 0.3 is 0 Å². The first kappa shape index (κ1) is 44.3. The highest BCUT2D eigenvalue weighted by atomic mass is 32.1. The van der Waals surface area contributed by atoms with E-state index in [0.29, 0.717) is 19.4 Å². The van der Waals surface area contributed by atoms with Crippen molar-refractivity contribution >= 4 is 40.7 Å². The number of nitrogens with zero attached hydrogens (tertiary/aromatic N) is 2. The minimum Gasteiger partial charge on any atom is -0.379 e. The Bertz CT molecular complexity index is 1280. The number of hydrogen-bond donors (Lipinski definition) is 3. The number of nitrogens with one attached hydrogen (secondary N) is 3. The minimum atomic E-state index is -0.761. The first-order valence-electron chi connectivity index (χ1n) is 18.5. The topological polar surface area (TPSA) is 146 Å². The molecule has 1 aliphatic rings. The van der Waals surface area contributed by atoms with Crippen LogP contribution in [-0.4, -0.2) is 116 Å². The maximum absolute atomic E-state index is 14.1. The molecular formula is C38H65N5O7S. The Balaban J connectivity index is 2.26. The Hall–Kier alpha value is -2.87. The first-order valence-corrected chi connectivity index (χ1v) is 19.3. The van der Waals surface area contributed by atoms with Crippen molar-refractivity contribution in [1.29, 1.82) is 0 Å². The predicted molar refractivity (Wildman–Crippen MR) is 201 cm³/mol. The molecule has 13 heteroatoms.